The number of nitrogens with one attached hydrogen (secondary N) is 1. The van der Waals surface area contributed by atoms with Crippen LogP contribution >= 0.6 is 0 Å². The monoisotopic (exact) mass is 240 g/mol. The van der Waals surface area contributed by atoms with Crippen molar-refractivity contribution in [1.29, 1.82) is 0 Å². The van der Waals surface area contributed by atoms with Crippen LogP contribution in [-0.4, -0.2) is 37.2 Å². The molecule has 0 aliphatic carbocycles. The minimum atomic E-state index is -0.320. The zero-order chi connectivity index (χ0) is 12.8. The van der Waals surface area contributed by atoms with Gasteiger partial charge in [-0.05, 0) is 58.7 Å². The predicted molar refractivity (Wildman–Crippen MR) is 67.7 cm³/mol. The second-order valence-electron chi connectivity index (χ2n) is 4.54. The molecule has 0 fully saturated rings. The predicted octanol–water partition coefficient (Wildman–Crippen LogP) is 2.13. The third-order valence-electron chi connectivity index (χ3n) is 2.69. The van der Waals surface area contributed by atoms with Crippen LogP contribution < -0.4 is 5.32 Å². The van der Waals surface area contributed by atoms with Crippen molar-refractivity contribution < 1.29 is 9.50 Å². The lowest BCUT2D eigenvalue weighted by Gasteiger charge is -2.16. The Balaban J connectivity index is 2.46. The van der Waals surface area contributed by atoms with E-state index in [1.54, 1.807) is 0 Å². The van der Waals surface area contributed by atoms with E-state index < -0.39 is 0 Å². The normalized spacial score (nSPS) is 13.0. The molecule has 1 unspecified atom stereocenters. The summed E-state index contributed by atoms with van der Waals surface area (Å²) in [6.07, 6.45) is 1.02. The number of phenols is 1. The van der Waals surface area contributed by atoms with Crippen molar-refractivity contribution in [1.82, 2.24) is 10.2 Å². The minimum Gasteiger partial charge on any atom is -0.508 e. The number of hydrogen-bond acceptors (Lipinski definition) is 3. The maximum atomic E-state index is 13.1. The minimum absolute atomic E-state index is 0.0483. The van der Waals surface area contributed by atoms with E-state index in [1.807, 2.05) is 21.0 Å². The summed E-state index contributed by atoms with van der Waals surface area (Å²) in [5.74, 6) is -0.182. The van der Waals surface area contributed by atoms with Crippen molar-refractivity contribution in [3.05, 3.63) is 29.6 Å². The first kappa shape index (κ1) is 13.9. The Morgan fingerprint density at radius 1 is 1.41 bits per heavy atom. The molecule has 1 atom stereocenters. The van der Waals surface area contributed by atoms with E-state index in [0.29, 0.717) is 5.56 Å². The summed E-state index contributed by atoms with van der Waals surface area (Å²) in [6, 6.07) is 3.98. The Labute approximate surface area is 102 Å². The van der Waals surface area contributed by atoms with Gasteiger partial charge in [0.05, 0.1) is 0 Å². The molecule has 0 aromatic heterocycles. The van der Waals surface area contributed by atoms with Gasteiger partial charge >= 0.3 is 0 Å². The highest BCUT2D eigenvalue weighted by molar-refractivity contribution is 5.34. The molecule has 0 aliphatic heterocycles. The highest BCUT2D eigenvalue weighted by atomic mass is 19.1. The van der Waals surface area contributed by atoms with Gasteiger partial charge < -0.3 is 15.3 Å². The zero-order valence-corrected chi connectivity index (χ0v) is 10.7. The molecule has 96 valence electrons. The third kappa shape index (κ3) is 4.71. The molecule has 0 saturated carbocycles. The molecule has 2 N–H and O–H groups in total. The molecule has 0 spiro atoms. The molecule has 1 aromatic rings. The fraction of sp³-hybridized carbons (Fsp3) is 0.538. The highest BCUT2D eigenvalue weighted by Gasteiger charge is 2.10. The van der Waals surface area contributed by atoms with Crippen LogP contribution in [0.25, 0.3) is 0 Å². The van der Waals surface area contributed by atoms with Crippen LogP contribution in [0, 0.1) is 5.82 Å². The quantitative estimate of drug-likeness (QED) is 0.748. The Morgan fingerprint density at radius 2 is 2.12 bits per heavy atom. The number of nitrogens with zero attached hydrogens (tertiary/aromatic N) is 1. The topological polar surface area (TPSA) is 35.5 Å². The van der Waals surface area contributed by atoms with E-state index in [4.69, 9.17) is 0 Å². The molecule has 0 radical (unpaired) electrons. The lowest BCUT2D eigenvalue weighted by Crippen LogP contribution is -2.23. The highest BCUT2D eigenvalue weighted by Crippen LogP contribution is 2.24. The third-order valence-corrected chi connectivity index (χ3v) is 2.69. The molecule has 0 amide bonds. The van der Waals surface area contributed by atoms with Crippen LogP contribution in [-0.2, 0) is 0 Å². The van der Waals surface area contributed by atoms with Gasteiger partial charge in [-0.2, -0.15) is 0 Å². The Bertz CT molecular complexity index is 355. The lowest BCUT2D eigenvalue weighted by atomic mass is 10.1. The van der Waals surface area contributed by atoms with E-state index in [2.05, 4.69) is 10.2 Å². The summed E-state index contributed by atoms with van der Waals surface area (Å²) in [5, 5.41) is 12.9. The van der Waals surface area contributed by atoms with Crippen molar-refractivity contribution in [3.63, 3.8) is 0 Å². The molecule has 4 heteroatoms. The number of benzene rings is 1. The maximum Gasteiger partial charge on any atom is 0.123 e. The van der Waals surface area contributed by atoms with Gasteiger partial charge in [-0.25, -0.2) is 4.39 Å². The molecular formula is C13H21FN2O. The standard InChI is InChI=1S/C13H21FN2O/c1-10(15-7-4-8-16(2)3)12-9-11(14)5-6-13(12)17/h5-6,9-10,15,17H,4,7-8H2,1-3H3. The number of phenolic OH excluding ortho intramolecular Hbond substituents is 1. The molecular weight excluding hydrogens is 219 g/mol. The number of halogens is 1. The molecule has 0 bridgehead atoms. The summed E-state index contributed by atoms with van der Waals surface area (Å²) < 4.78 is 13.1. The van der Waals surface area contributed by atoms with Gasteiger partial charge in [0.25, 0.3) is 0 Å². The summed E-state index contributed by atoms with van der Waals surface area (Å²) in [5.41, 5.74) is 0.606. The Kier molecular flexibility index (Phi) is 5.38. The molecule has 1 rings (SSSR count). The zero-order valence-electron chi connectivity index (χ0n) is 10.7. The summed E-state index contributed by atoms with van der Waals surface area (Å²) in [4.78, 5) is 2.12. The van der Waals surface area contributed by atoms with E-state index in [9.17, 15) is 9.50 Å². The van der Waals surface area contributed by atoms with Gasteiger partial charge in [-0.15, -0.1) is 0 Å². The maximum absolute atomic E-state index is 13.1. The van der Waals surface area contributed by atoms with Gasteiger partial charge in [0.2, 0.25) is 0 Å². The first-order valence-corrected chi connectivity index (χ1v) is 5.87. The SMILES string of the molecule is CC(NCCCN(C)C)c1cc(F)ccc1O. The van der Waals surface area contributed by atoms with Crippen LogP contribution in [0.2, 0.25) is 0 Å². The Hall–Kier alpha value is -1.13. The first-order valence-electron chi connectivity index (χ1n) is 5.87. The molecule has 3 nitrogen and oxygen atoms in total. The van der Waals surface area contributed by atoms with Gasteiger partial charge in [-0.1, -0.05) is 0 Å². The fourth-order valence-electron chi connectivity index (χ4n) is 1.70. The molecule has 0 aliphatic rings. The van der Waals surface area contributed by atoms with Crippen molar-refractivity contribution >= 4 is 0 Å². The van der Waals surface area contributed by atoms with Crippen LogP contribution in [0.1, 0.15) is 24.9 Å². The van der Waals surface area contributed by atoms with E-state index in [0.717, 1.165) is 19.5 Å². The smallest absolute Gasteiger partial charge is 0.123 e. The second-order valence-corrected chi connectivity index (χ2v) is 4.54. The summed E-state index contributed by atoms with van der Waals surface area (Å²) in [7, 11) is 4.06. The van der Waals surface area contributed by atoms with E-state index >= 15 is 0 Å². The van der Waals surface area contributed by atoms with Crippen LogP contribution in [0.5, 0.6) is 5.75 Å². The van der Waals surface area contributed by atoms with Crippen LogP contribution in [0.4, 0.5) is 4.39 Å². The van der Waals surface area contributed by atoms with Gasteiger partial charge in [0.15, 0.2) is 0 Å². The number of aromatic hydroxyl groups is 1. The lowest BCUT2D eigenvalue weighted by molar-refractivity contribution is 0.386. The summed E-state index contributed by atoms with van der Waals surface area (Å²) >= 11 is 0. The number of rotatable bonds is 6. The largest absolute Gasteiger partial charge is 0.508 e. The second kappa shape index (κ2) is 6.57. The van der Waals surface area contributed by atoms with E-state index in [-0.39, 0.29) is 17.6 Å². The van der Waals surface area contributed by atoms with Gasteiger partial charge in [-0.3, -0.25) is 0 Å². The fourth-order valence-corrected chi connectivity index (χ4v) is 1.70. The first-order chi connectivity index (χ1) is 8.00. The van der Waals surface area contributed by atoms with Crippen LogP contribution in [0.3, 0.4) is 0 Å². The number of hydrogen-bond donors (Lipinski definition) is 2. The van der Waals surface area contributed by atoms with Crippen molar-refractivity contribution in [2.45, 2.75) is 19.4 Å². The van der Waals surface area contributed by atoms with Crippen LogP contribution in [0.15, 0.2) is 18.2 Å². The molecule has 17 heavy (non-hydrogen) atoms. The molecule has 1 aromatic carbocycles. The van der Waals surface area contributed by atoms with Crippen molar-refractivity contribution in [2.75, 3.05) is 27.2 Å². The Morgan fingerprint density at radius 3 is 2.76 bits per heavy atom. The van der Waals surface area contributed by atoms with Gasteiger partial charge in [0.1, 0.15) is 11.6 Å². The average Bonchev–Trinajstić information content (AvgIpc) is 2.27. The van der Waals surface area contributed by atoms with Crippen molar-refractivity contribution in [3.8, 4) is 5.75 Å². The molecule has 0 saturated heterocycles. The van der Waals surface area contributed by atoms with Crippen molar-refractivity contribution in [2.24, 2.45) is 0 Å². The van der Waals surface area contributed by atoms with E-state index in [1.165, 1.54) is 18.2 Å². The summed E-state index contributed by atoms with van der Waals surface area (Å²) in [6.45, 7) is 3.77. The average molecular weight is 240 g/mol. The molecule has 0 heterocycles. The van der Waals surface area contributed by atoms with Gasteiger partial charge in [0, 0.05) is 11.6 Å².